The second-order valence-corrected chi connectivity index (χ2v) is 4.81. The van der Waals surface area contributed by atoms with Crippen LogP contribution in [-0.2, 0) is 4.74 Å². The number of rotatable bonds is 6. The molecule has 0 amide bonds. The van der Waals surface area contributed by atoms with Gasteiger partial charge in [-0.15, -0.1) is 0 Å². The summed E-state index contributed by atoms with van der Waals surface area (Å²) in [6, 6.07) is 0. The van der Waals surface area contributed by atoms with E-state index in [-0.39, 0.29) is 0 Å². The summed E-state index contributed by atoms with van der Waals surface area (Å²) in [5.74, 6) is 1.80. The van der Waals surface area contributed by atoms with Gasteiger partial charge in [0.1, 0.15) is 0 Å². The molecule has 1 fully saturated rings. The van der Waals surface area contributed by atoms with Crippen LogP contribution >= 0.6 is 0 Å². The van der Waals surface area contributed by atoms with Crippen LogP contribution in [0.1, 0.15) is 0 Å². The van der Waals surface area contributed by atoms with Crippen LogP contribution < -0.4 is 15.5 Å². The predicted molar refractivity (Wildman–Crippen MR) is 79.4 cm³/mol. The fraction of sp³-hybridized carbons (Fsp3) is 0.750. The van der Waals surface area contributed by atoms with Crippen molar-refractivity contribution < 1.29 is 4.74 Å². The van der Waals surface area contributed by atoms with Crippen molar-refractivity contribution in [1.82, 2.24) is 19.9 Å². The molecule has 1 aromatic heterocycles. The fourth-order valence-corrected chi connectivity index (χ4v) is 1.91. The molecular formula is C12H23N7O. The second kappa shape index (κ2) is 7.20. The maximum Gasteiger partial charge on any atom is 0.231 e. The summed E-state index contributed by atoms with van der Waals surface area (Å²) in [6.45, 7) is 5.38. The first-order valence-electron chi connectivity index (χ1n) is 6.84. The van der Waals surface area contributed by atoms with Crippen LogP contribution in [0.3, 0.4) is 0 Å². The number of nitrogens with zero attached hydrogens (tertiary/aromatic N) is 5. The molecule has 1 saturated heterocycles. The number of aromatic nitrogens is 3. The van der Waals surface area contributed by atoms with Gasteiger partial charge in [-0.1, -0.05) is 0 Å². The van der Waals surface area contributed by atoms with E-state index >= 15 is 0 Å². The van der Waals surface area contributed by atoms with E-state index < -0.39 is 0 Å². The number of hydrogen-bond donors (Lipinski definition) is 2. The van der Waals surface area contributed by atoms with Crippen molar-refractivity contribution in [1.29, 1.82) is 0 Å². The van der Waals surface area contributed by atoms with Crippen molar-refractivity contribution in [3.05, 3.63) is 0 Å². The Morgan fingerprint density at radius 2 is 1.85 bits per heavy atom. The van der Waals surface area contributed by atoms with Gasteiger partial charge in [0.05, 0.1) is 13.2 Å². The Morgan fingerprint density at radius 3 is 2.50 bits per heavy atom. The van der Waals surface area contributed by atoms with Gasteiger partial charge >= 0.3 is 0 Å². The van der Waals surface area contributed by atoms with Gasteiger partial charge in [0, 0.05) is 47.3 Å². The Hall–Kier alpha value is -1.67. The van der Waals surface area contributed by atoms with Crippen molar-refractivity contribution in [3.63, 3.8) is 0 Å². The highest BCUT2D eigenvalue weighted by Gasteiger charge is 2.10. The van der Waals surface area contributed by atoms with Gasteiger partial charge in [-0.3, -0.25) is 4.90 Å². The first kappa shape index (κ1) is 14.7. The molecule has 0 aliphatic carbocycles. The smallest absolute Gasteiger partial charge is 0.231 e. The Balaban J connectivity index is 1.89. The quantitative estimate of drug-likeness (QED) is 0.737. The summed E-state index contributed by atoms with van der Waals surface area (Å²) < 4.78 is 5.33. The molecule has 1 aliphatic rings. The third kappa shape index (κ3) is 4.17. The minimum absolute atomic E-state index is 0.567. The van der Waals surface area contributed by atoms with E-state index in [4.69, 9.17) is 4.74 Å². The number of nitrogens with one attached hydrogen (secondary N) is 2. The van der Waals surface area contributed by atoms with Crippen molar-refractivity contribution >= 4 is 17.8 Å². The van der Waals surface area contributed by atoms with Crippen LogP contribution in [0.15, 0.2) is 0 Å². The van der Waals surface area contributed by atoms with Gasteiger partial charge in [-0.2, -0.15) is 15.0 Å². The van der Waals surface area contributed by atoms with Crippen LogP contribution in [0.5, 0.6) is 0 Å². The standard InChI is InChI=1S/C12H23N7O/c1-13-10-15-11(17-12(16-10)18(2)3)14-4-5-19-6-8-20-9-7-19/h4-9H2,1-3H3,(H2,13,14,15,16,17). The van der Waals surface area contributed by atoms with E-state index in [1.165, 1.54) is 0 Å². The van der Waals surface area contributed by atoms with Crippen LogP contribution in [-0.4, -0.2) is 80.4 Å². The Morgan fingerprint density at radius 1 is 1.15 bits per heavy atom. The van der Waals surface area contributed by atoms with Crippen molar-refractivity contribution in [3.8, 4) is 0 Å². The first-order valence-corrected chi connectivity index (χ1v) is 6.84. The normalized spacial score (nSPS) is 15.9. The number of morpholine rings is 1. The summed E-state index contributed by atoms with van der Waals surface area (Å²) in [5.41, 5.74) is 0. The Kier molecular flexibility index (Phi) is 5.31. The molecule has 0 radical (unpaired) electrons. The highest BCUT2D eigenvalue weighted by atomic mass is 16.5. The van der Waals surface area contributed by atoms with E-state index in [9.17, 15) is 0 Å². The third-order valence-electron chi connectivity index (χ3n) is 3.06. The zero-order valence-corrected chi connectivity index (χ0v) is 12.4. The van der Waals surface area contributed by atoms with Crippen LogP contribution in [0.4, 0.5) is 17.8 Å². The van der Waals surface area contributed by atoms with Crippen molar-refractivity contribution in [2.45, 2.75) is 0 Å². The molecule has 1 aliphatic heterocycles. The van der Waals surface area contributed by atoms with E-state index in [1.807, 2.05) is 19.0 Å². The van der Waals surface area contributed by atoms with Gasteiger partial charge in [0.15, 0.2) is 0 Å². The molecule has 0 saturated carbocycles. The zero-order chi connectivity index (χ0) is 14.4. The van der Waals surface area contributed by atoms with E-state index in [0.29, 0.717) is 17.8 Å². The average molecular weight is 281 g/mol. The van der Waals surface area contributed by atoms with Crippen LogP contribution in [0.25, 0.3) is 0 Å². The number of hydrogen-bond acceptors (Lipinski definition) is 8. The molecule has 2 heterocycles. The van der Waals surface area contributed by atoms with E-state index in [0.717, 1.165) is 39.4 Å². The highest BCUT2D eigenvalue weighted by molar-refractivity contribution is 5.42. The van der Waals surface area contributed by atoms with Crippen LogP contribution in [0, 0.1) is 0 Å². The fourth-order valence-electron chi connectivity index (χ4n) is 1.91. The molecule has 8 nitrogen and oxygen atoms in total. The maximum absolute atomic E-state index is 5.33. The summed E-state index contributed by atoms with van der Waals surface area (Å²) in [4.78, 5) is 17.2. The highest BCUT2D eigenvalue weighted by Crippen LogP contribution is 2.10. The molecule has 2 N–H and O–H groups in total. The van der Waals surface area contributed by atoms with Crippen molar-refractivity contribution in [2.24, 2.45) is 0 Å². The van der Waals surface area contributed by atoms with Gasteiger partial charge in [0.2, 0.25) is 17.8 Å². The molecule has 0 unspecified atom stereocenters. The zero-order valence-electron chi connectivity index (χ0n) is 12.4. The molecule has 112 valence electrons. The lowest BCUT2D eigenvalue weighted by Gasteiger charge is -2.26. The van der Waals surface area contributed by atoms with Gasteiger partial charge < -0.3 is 20.3 Å². The average Bonchev–Trinajstić information content (AvgIpc) is 2.48. The van der Waals surface area contributed by atoms with Gasteiger partial charge in [-0.25, -0.2) is 0 Å². The Labute approximate surface area is 119 Å². The first-order chi connectivity index (χ1) is 9.69. The molecule has 0 atom stereocenters. The number of ether oxygens (including phenoxy) is 1. The molecule has 8 heteroatoms. The van der Waals surface area contributed by atoms with Crippen LogP contribution in [0.2, 0.25) is 0 Å². The lowest BCUT2D eigenvalue weighted by Crippen LogP contribution is -2.39. The van der Waals surface area contributed by atoms with Crippen molar-refractivity contribution in [2.75, 3.05) is 76.1 Å². The molecule has 0 aromatic carbocycles. The molecule has 1 aromatic rings. The van der Waals surface area contributed by atoms with Gasteiger partial charge in [0.25, 0.3) is 0 Å². The molecule has 0 spiro atoms. The monoisotopic (exact) mass is 281 g/mol. The maximum atomic E-state index is 5.33. The molecule has 20 heavy (non-hydrogen) atoms. The lowest BCUT2D eigenvalue weighted by atomic mass is 10.4. The second-order valence-electron chi connectivity index (χ2n) is 4.81. The van der Waals surface area contributed by atoms with Gasteiger partial charge in [-0.05, 0) is 0 Å². The lowest BCUT2D eigenvalue weighted by molar-refractivity contribution is 0.0398. The topological polar surface area (TPSA) is 78.4 Å². The summed E-state index contributed by atoms with van der Waals surface area (Å²) in [6.07, 6.45) is 0. The SMILES string of the molecule is CNc1nc(NCCN2CCOCC2)nc(N(C)C)n1. The summed E-state index contributed by atoms with van der Waals surface area (Å²) in [5, 5.41) is 6.20. The largest absolute Gasteiger partial charge is 0.379 e. The summed E-state index contributed by atoms with van der Waals surface area (Å²) >= 11 is 0. The minimum Gasteiger partial charge on any atom is -0.379 e. The third-order valence-corrected chi connectivity index (χ3v) is 3.06. The Bertz CT molecular complexity index is 420. The predicted octanol–water partition coefficient (Wildman–Crippen LogP) is -0.277. The molecular weight excluding hydrogens is 258 g/mol. The molecule has 0 bridgehead atoms. The van der Waals surface area contributed by atoms with E-state index in [1.54, 1.807) is 7.05 Å². The molecule has 2 rings (SSSR count). The van der Waals surface area contributed by atoms with E-state index in [2.05, 4.69) is 30.5 Å². The number of anilines is 3. The minimum atomic E-state index is 0.567. The summed E-state index contributed by atoms with van der Waals surface area (Å²) in [7, 11) is 5.62.